The predicted octanol–water partition coefficient (Wildman–Crippen LogP) is 4.23. The number of H-pyrrole nitrogens is 1. The van der Waals surface area contributed by atoms with E-state index < -0.39 is 5.82 Å². The van der Waals surface area contributed by atoms with Gasteiger partial charge in [-0.25, -0.2) is 4.39 Å². The van der Waals surface area contributed by atoms with Crippen LogP contribution in [0.15, 0.2) is 12.1 Å². The molecule has 2 aromatic rings. The molecule has 1 N–H and O–H groups in total. The Morgan fingerprint density at radius 1 is 1.53 bits per heavy atom. The summed E-state index contributed by atoms with van der Waals surface area (Å²) in [5.41, 5.74) is 1.54. The number of benzene rings is 1. The number of imidazole rings is 1. The molecule has 1 heterocycles. The van der Waals surface area contributed by atoms with Gasteiger partial charge in [0.25, 0.3) is 0 Å². The fraction of sp³-hybridized carbons (Fsp3) is 0.462. The fourth-order valence-electron chi connectivity index (χ4n) is 2.60. The summed E-state index contributed by atoms with van der Waals surface area (Å²) in [7, 11) is 0. The number of aromatic nitrogens is 2. The quantitative estimate of drug-likeness (QED) is 0.860. The molecule has 0 bridgehead atoms. The lowest BCUT2D eigenvalue weighted by Crippen LogP contribution is -2.33. The number of hydrogen-bond acceptors (Lipinski definition) is 2. The number of fused-ring (bicyclic) bond motifs is 1. The average Bonchev–Trinajstić information content (AvgIpc) is 2.60. The van der Waals surface area contributed by atoms with Crippen molar-refractivity contribution in [2.24, 2.45) is 0 Å². The summed E-state index contributed by atoms with van der Waals surface area (Å²) < 4.78 is 21.7. The lowest BCUT2D eigenvalue weighted by Gasteiger charge is -2.36. The van der Waals surface area contributed by atoms with E-state index in [2.05, 4.69) is 4.98 Å². The number of hydrogen-bond donors (Lipinski definition) is 1. The van der Waals surface area contributed by atoms with E-state index in [1.54, 1.807) is 6.07 Å². The zero-order valence-electron chi connectivity index (χ0n) is 10.5. The van der Waals surface area contributed by atoms with Crippen molar-refractivity contribution in [3.63, 3.8) is 0 Å². The maximum Gasteiger partial charge on any atom is 0.178 e. The van der Waals surface area contributed by atoms with E-state index in [9.17, 15) is 4.39 Å². The topological polar surface area (TPSA) is 29.9 Å². The molecule has 0 unspecified atom stereocenters. The van der Waals surface area contributed by atoms with E-state index in [1.165, 1.54) is 6.07 Å². The van der Waals surface area contributed by atoms with Crippen molar-refractivity contribution < 1.29 is 9.13 Å². The molecule has 6 heteroatoms. The normalized spacial score (nSPS) is 22.7. The molecular weight excluding hydrogens is 287 g/mol. The minimum atomic E-state index is -0.419. The Morgan fingerprint density at radius 3 is 2.95 bits per heavy atom. The van der Waals surface area contributed by atoms with Gasteiger partial charge in [0.15, 0.2) is 4.77 Å². The van der Waals surface area contributed by atoms with Crippen LogP contribution in [0.5, 0.6) is 0 Å². The van der Waals surface area contributed by atoms with Crippen LogP contribution in [-0.2, 0) is 4.74 Å². The van der Waals surface area contributed by atoms with Gasteiger partial charge in [-0.05, 0) is 38.0 Å². The van der Waals surface area contributed by atoms with E-state index >= 15 is 0 Å². The third kappa shape index (κ3) is 2.20. The molecule has 0 radical (unpaired) electrons. The molecule has 1 aromatic heterocycles. The minimum absolute atomic E-state index is 0.108. The molecule has 3 rings (SSSR count). The van der Waals surface area contributed by atoms with Crippen LogP contribution < -0.4 is 0 Å². The molecule has 1 fully saturated rings. The van der Waals surface area contributed by atoms with Gasteiger partial charge < -0.3 is 14.3 Å². The standard InChI is InChI=1S/C13H14ClFN2OS/c1-2-18-8-3-7(4-8)17-12-6-10(15)9(14)5-11(12)16-13(17)19/h5-8H,2-4H2,1H3,(H,16,19). The minimum Gasteiger partial charge on any atom is -0.378 e. The molecule has 102 valence electrons. The second-order valence-corrected chi connectivity index (χ2v) is 5.58. The van der Waals surface area contributed by atoms with Crippen molar-refractivity contribution in [1.29, 1.82) is 0 Å². The van der Waals surface area contributed by atoms with Crippen LogP contribution in [0, 0.1) is 10.6 Å². The van der Waals surface area contributed by atoms with Crippen molar-refractivity contribution in [1.82, 2.24) is 9.55 Å². The van der Waals surface area contributed by atoms with Gasteiger partial charge in [-0.2, -0.15) is 0 Å². The summed E-state index contributed by atoms with van der Waals surface area (Å²) in [4.78, 5) is 3.08. The van der Waals surface area contributed by atoms with Gasteiger partial charge in [-0.1, -0.05) is 11.6 Å². The van der Waals surface area contributed by atoms with Gasteiger partial charge in [0, 0.05) is 18.7 Å². The fourth-order valence-corrected chi connectivity index (χ4v) is 3.12. The highest BCUT2D eigenvalue weighted by atomic mass is 35.5. The number of ether oxygens (including phenoxy) is 1. The van der Waals surface area contributed by atoms with Crippen molar-refractivity contribution in [2.75, 3.05) is 6.61 Å². The Balaban J connectivity index is 1.98. The SMILES string of the molecule is CCOC1CC(n2c(=S)[nH]c3cc(Cl)c(F)cc32)C1. The lowest BCUT2D eigenvalue weighted by atomic mass is 9.89. The molecule has 0 atom stereocenters. The largest absolute Gasteiger partial charge is 0.378 e. The van der Waals surface area contributed by atoms with Gasteiger partial charge in [0.1, 0.15) is 5.82 Å². The molecule has 0 spiro atoms. The number of aromatic amines is 1. The lowest BCUT2D eigenvalue weighted by molar-refractivity contribution is -0.0190. The summed E-state index contributed by atoms with van der Waals surface area (Å²) >= 11 is 11.1. The number of nitrogens with zero attached hydrogens (tertiary/aromatic N) is 1. The highest BCUT2D eigenvalue weighted by Crippen LogP contribution is 2.37. The van der Waals surface area contributed by atoms with Crippen LogP contribution in [0.1, 0.15) is 25.8 Å². The van der Waals surface area contributed by atoms with E-state index in [0.29, 0.717) is 10.9 Å². The average molecular weight is 301 g/mol. The monoisotopic (exact) mass is 300 g/mol. The molecule has 0 saturated heterocycles. The Morgan fingerprint density at radius 2 is 2.26 bits per heavy atom. The smallest absolute Gasteiger partial charge is 0.178 e. The van der Waals surface area contributed by atoms with Crippen LogP contribution in [0.3, 0.4) is 0 Å². The van der Waals surface area contributed by atoms with Crippen LogP contribution in [-0.4, -0.2) is 22.3 Å². The van der Waals surface area contributed by atoms with Gasteiger partial charge >= 0.3 is 0 Å². The first-order valence-corrected chi connectivity index (χ1v) is 7.09. The molecular formula is C13H14ClFN2OS. The third-order valence-electron chi connectivity index (χ3n) is 3.60. The Bertz CT molecular complexity index is 675. The van der Waals surface area contributed by atoms with E-state index in [-0.39, 0.29) is 11.1 Å². The Hall–Kier alpha value is -0.910. The maximum atomic E-state index is 13.6. The first kappa shape index (κ1) is 13.1. The highest BCUT2D eigenvalue weighted by molar-refractivity contribution is 7.71. The number of halogens is 2. The van der Waals surface area contributed by atoms with Crippen molar-refractivity contribution in [2.45, 2.75) is 31.9 Å². The van der Waals surface area contributed by atoms with Gasteiger partial charge in [0.05, 0.1) is 22.2 Å². The summed E-state index contributed by atoms with van der Waals surface area (Å²) in [6.07, 6.45) is 2.12. The summed E-state index contributed by atoms with van der Waals surface area (Å²) in [6.45, 7) is 2.71. The van der Waals surface area contributed by atoms with E-state index in [4.69, 9.17) is 28.6 Å². The summed E-state index contributed by atoms with van der Waals surface area (Å²) in [5.74, 6) is -0.419. The molecule has 1 aromatic carbocycles. The Kier molecular flexibility index (Phi) is 3.37. The molecule has 1 aliphatic carbocycles. The second kappa shape index (κ2) is 4.89. The first-order valence-electron chi connectivity index (χ1n) is 6.31. The van der Waals surface area contributed by atoms with Gasteiger partial charge in [-0.3, -0.25) is 0 Å². The predicted molar refractivity (Wildman–Crippen MR) is 75.8 cm³/mol. The van der Waals surface area contributed by atoms with Crippen LogP contribution in [0.25, 0.3) is 11.0 Å². The number of nitrogens with one attached hydrogen (secondary N) is 1. The summed E-state index contributed by atoms with van der Waals surface area (Å²) in [6, 6.07) is 3.30. The van der Waals surface area contributed by atoms with E-state index in [0.717, 1.165) is 30.5 Å². The molecule has 0 amide bonds. The zero-order chi connectivity index (χ0) is 13.6. The third-order valence-corrected chi connectivity index (χ3v) is 4.18. The van der Waals surface area contributed by atoms with Crippen molar-refractivity contribution in [3.8, 4) is 0 Å². The van der Waals surface area contributed by atoms with Crippen LogP contribution in [0.4, 0.5) is 4.39 Å². The van der Waals surface area contributed by atoms with Gasteiger partial charge in [-0.15, -0.1) is 0 Å². The molecule has 19 heavy (non-hydrogen) atoms. The summed E-state index contributed by atoms with van der Waals surface area (Å²) in [5, 5.41) is 0.108. The number of rotatable bonds is 3. The van der Waals surface area contributed by atoms with E-state index in [1.807, 2.05) is 11.5 Å². The first-order chi connectivity index (χ1) is 9.10. The van der Waals surface area contributed by atoms with Crippen LogP contribution >= 0.6 is 23.8 Å². The maximum absolute atomic E-state index is 13.6. The highest BCUT2D eigenvalue weighted by Gasteiger charge is 2.32. The molecule has 1 saturated carbocycles. The molecule has 0 aliphatic heterocycles. The van der Waals surface area contributed by atoms with Crippen LogP contribution in [0.2, 0.25) is 5.02 Å². The molecule has 3 nitrogen and oxygen atoms in total. The van der Waals surface area contributed by atoms with Crippen molar-refractivity contribution >= 4 is 34.9 Å². The van der Waals surface area contributed by atoms with Gasteiger partial charge in [0.2, 0.25) is 0 Å². The zero-order valence-corrected chi connectivity index (χ0v) is 12.0. The van der Waals surface area contributed by atoms with Crippen molar-refractivity contribution in [3.05, 3.63) is 27.7 Å². The second-order valence-electron chi connectivity index (χ2n) is 4.79. The Labute approximate surface area is 120 Å². The molecule has 1 aliphatic rings.